The van der Waals surface area contributed by atoms with Gasteiger partial charge in [0.2, 0.25) is 0 Å². The highest BCUT2D eigenvalue weighted by atomic mass is 16.5. The summed E-state index contributed by atoms with van der Waals surface area (Å²) >= 11 is 0. The molecule has 0 fully saturated rings. The average Bonchev–Trinajstić information content (AvgIpc) is 2.71. The minimum atomic E-state index is -0.351. The van der Waals surface area contributed by atoms with Crippen molar-refractivity contribution in [2.75, 3.05) is 23.8 Å². The molecule has 1 heterocycles. The molecule has 1 aromatic heterocycles. The first-order valence-electron chi connectivity index (χ1n) is 9.05. The number of para-hydroxylation sites is 4. The standard InChI is InChI=1S/C21H22N4O3/c1-3-27-18-11-7-5-9-15(18)24-20-13-17(22-14-23-20)21(26)25-16-10-6-8-12-19(16)28-4-2/h5-14H,3-4H2,1-2H3,(H,25,26)(H,22,23,24). The van der Waals surface area contributed by atoms with Crippen molar-refractivity contribution in [3.63, 3.8) is 0 Å². The number of hydrogen-bond donors (Lipinski definition) is 2. The normalized spacial score (nSPS) is 10.2. The van der Waals surface area contributed by atoms with Gasteiger partial charge in [0.1, 0.15) is 29.3 Å². The second kappa shape index (κ2) is 9.36. The molecule has 3 aromatic rings. The number of aromatic nitrogens is 2. The van der Waals surface area contributed by atoms with Gasteiger partial charge in [0.05, 0.1) is 24.6 Å². The SMILES string of the molecule is CCOc1ccccc1NC(=O)c1cc(Nc2ccccc2OCC)ncn1. The fraction of sp³-hybridized carbons (Fsp3) is 0.190. The van der Waals surface area contributed by atoms with Gasteiger partial charge in [0, 0.05) is 6.07 Å². The van der Waals surface area contributed by atoms with Crippen LogP contribution in [0.3, 0.4) is 0 Å². The van der Waals surface area contributed by atoms with Crippen LogP contribution in [0, 0.1) is 0 Å². The summed E-state index contributed by atoms with van der Waals surface area (Å²) in [5, 5.41) is 6.00. The maximum absolute atomic E-state index is 12.6. The summed E-state index contributed by atoms with van der Waals surface area (Å²) < 4.78 is 11.1. The van der Waals surface area contributed by atoms with E-state index in [1.165, 1.54) is 6.33 Å². The minimum absolute atomic E-state index is 0.234. The Hall–Kier alpha value is -3.61. The van der Waals surface area contributed by atoms with E-state index in [0.717, 1.165) is 5.69 Å². The summed E-state index contributed by atoms with van der Waals surface area (Å²) in [5.74, 6) is 1.46. The van der Waals surface area contributed by atoms with Gasteiger partial charge < -0.3 is 20.1 Å². The second-order valence-electron chi connectivity index (χ2n) is 5.73. The second-order valence-corrected chi connectivity index (χ2v) is 5.73. The van der Waals surface area contributed by atoms with Crippen LogP contribution in [0.5, 0.6) is 11.5 Å². The number of hydrogen-bond acceptors (Lipinski definition) is 6. The van der Waals surface area contributed by atoms with E-state index in [9.17, 15) is 4.79 Å². The van der Waals surface area contributed by atoms with E-state index in [2.05, 4.69) is 20.6 Å². The first-order valence-corrected chi connectivity index (χ1v) is 9.05. The van der Waals surface area contributed by atoms with Gasteiger partial charge >= 0.3 is 0 Å². The van der Waals surface area contributed by atoms with E-state index >= 15 is 0 Å². The van der Waals surface area contributed by atoms with Crippen molar-refractivity contribution in [3.8, 4) is 11.5 Å². The maximum Gasteiger partial charge on any atom is 0.274 e. The van der Waals surface area contributed by atoms with Gasteiger partial charge in [-0.25, -0.2) is 9.97 Å². The van der Waals surface area contributed by atoms with Crippen molar-refractivity contribution in [2.24, 2.45) is 0 Å². The largest absolute Gasteiger partial charge is 0.492 e. The molecule has 0 saturated heterocycles. The van der Waals surface area contributed by atoms with Gasteiger partial charge in [-0.1, -0.05) is 24.3 Å². The molecular formula is C21H22N4O3. The van der Waals surface area contributed by atoms with E-state index in [4.69, 9.17) is 9.47 Å². The molecule has 28 heavy (non-hydrogen) atoms. The Labute approximate surface area is 163 Å². The van der Waals surface area contributed by atoms with E-state index in [1.807, 2.05) is 50.2 Å². The van der Waals surface area contributed by atoms with Gasteiger partial charge in [-0.3, -0.25) is 4.79 Å². The molecular weight excluding hydrogens is 356 g/mol. The average molecular weight is 378 g/mol. The molecule has 3 rings (SSSR count). The van der Waals surface area contributed by atoms with Crippen molar-refractivity contribution in [1.82, 2.24) is 9.97 Å². The zero-order valence-corrected chi connectivity index (χ0v) is 15.8. The molecule has 0 atom stereocenters. The van der Waals surface area contributed by atoms with Crippen LogP contribution < -0.4 is 20.1 Å². The number of ether oxygens (including phenoxy) is 2. The van der Waals surface area contributed by atoms with Crippen molar-refractivity contribution in [2.45, 2.75) is 13.8 Å². The maximum atomic E-state index is 12.6. The lowest BCUT2D eigenvalue weighted by molar-refractivity contribution is 0.102. The molecule has 7 heteroatoms. The lowest BCUT2D eigenvalue weighted by atomic mass is 10.2. The van der Waals surface area contributed by atoms with Crippen LogP contribution in [0.1, 0.15) is 24.3 Å². The zero-order chi connectivity index (χ0) is 19.8. The topological polar surface area (TPSA) is 85.4 Å². The van der Waals surface area contributed by atoms with Crippen LogP contribution in [0.25, 0.3) is 0 Å². The van der Waals surface area contributed by atoms with Gasteiger partial charge in [0.15, 0.2) is 0 Å². The van der Waals surface area contributed by atoms with Crippen molar-refractivity contribution >= 4 is 23.1 Å². The summed E-state index contributed by atoms with van der Waals surface area (Å²) in [7, 11) is 0. The van der Waals surface area contributed by atoms with Crippen LogP contribution in [0.2, 0.25) is 0 Å². The monoisotopic (exact) mass is 378 g/mol. The van der Waals surface area contributed by atoms with Gasteiger partial charge in [-0.2, -0.15) is 0 Å². The summed E-state index contributed by atoms with van der Waals surface area (Å²) in [6, 6.07) is 16.4. The Morgan fingerprint density at radius 2 is 1.50 bits per heavy atom. The third-order valence-corrected chi connectivity index (χ3v) is 3.78. The van der Waals surface area contributed by atoms with Crippen LogP contribution >= 0.6 is 0 Å². The first-order chi connectivity index (χ1) is 13.7. The Morgan fingerprint density at radius 1 is 0.893 bits per heavy atom. The van der Waals surface area contributed by atoms with Crippen molar-refractivity contribution in [3.05, 3.63) is 66.6 Å². The van der Waals surface area contributed by atoms with E-state index in [-0.39, 0.29) is 11.6 Å². The summed E-state index contributed by atoms with van der Waals surface area (Å²) in [6.07, 6.45) is 1.34. The predicted octanol–water partition coefficient (Wildman–Crippen LogP) is 4.27. The molecule has 144 valence electrons. The van der Waals surface area contributed by atoms with Gasteiger partial charge in [0.25, 0.3) is 5.91 Å². The number of anilines is 3. The summed E-state index contributed by atoms with van der Waals surface area (Å²) in [5.41, 5.74) is 1.58. The molecule has 0 bridgehead atoms. The van der Waals surface area contributed by atoms with E-state index in [0.29, 0.717) is 36.2 Å². The highest BCUT2D eigenvalue weighted by Crippen LogP contribution is 2.27. The Bertz CT molecular complexity index is 946. The van der Waals surface area contributed by atoms with Crippen LogP contribution in [-0.2, 0) is 0 Å². The third kappa shape index (κ3) is 4.76. The highest BCUT2D eigenvalue weighted by Gasteiger charge is 2.13. The third-order valence-electron chi connectivity index (χ3n) is 3.78. The van der Waals surface area contributed by atoms with Crippen molar-refractivity contribution < 1.29 is 14.3 Å². The first kappa shape index (κ1) is 19.2. The summed E-state index contributed by atoms with van der Waals surface area (Å²) in [4.78, 5) is 20.9. The smallest absolute Gasteiger partial charge is 0.274 e. The summed E-state index contributed by atoms with van der Waals surface area (Å²) in [6.45, 7) is 4.87. The Morgan fingerprint density at radius 3 is 2.18 bits per heavy atom. The number of nitrogens with zero attached hydrogens (tertiary/aromatic N) is 2. The lowest BCUT2D eigenvalue weighted by Crippen LogP contribution is -2.15. The number of carbonyl (C=O) groups excluding carboxylic acids is 1. The Balaban J connectivity index is 1.77. The van der Waals surface area contributed by atoms with Gasteiger partial charge in [-0.05, 0) is 38.1 Å². The fourth-order valence-corrected chi connectivity index (χ4v) is 2.58. The van der Waals surface area contributed by atoms with Crippen LogP contribution in [0.15, 0.2) is 60.9 Å². The molecule has 0 aliphatic carbocycles. The molecule has 7 nitrogen and oxygen atoms in total. The zero-order valence-electron chi connectivity index (χ0n) is 15.8. The molecule has 1 amide bonds. The lowest BCUT2D eigenvalue weighted by Gasteiger charge is -2.13. The van der Waals surface area contributed by atoms with Crippen LogP contribution in [-0.4, -0.2) is 29.1 Å². The molecule has 2 aromatic carbocycles. The quantitative estimate of drug-likeness (QED) is 0.609. The number of rotatable bonds is 8. The Kier molecular flexibility index (Phi) is 6.41. The molecule has 0 aliphatic heterocycles. The van der Waals surface area contributed by atoms with Crippen LogP contribution in [0.4, 0.5) is 17.2 Å². The fourth-order valence-electron chi connectivity index (χ4n) is 2.58. The molecule has 0 saturated carbocycles. The molecule has 0 aliphatic rings. The molecule has 0 spiro atoms. The number of nitrogens with one attached hydrogen (secondary N) is 2. The number of benzene rings is 2. The van der Waals surface area contributed by atoms with Crippen molar-refractivity contribution in [1.29, 1.82) is 0 Å². The molecule has 0 radical (unpaired) electrons. The van der Waals surface area contributed by atoms with E-state index in [1.54, 1.807) is 18.2 Å². The van der Waals surface area contributed by atoms with Gasteiger partial charge in [-0.15, -0.1) is 0 Å². The van der Waals surface area contributed by atoms with E-state index < -0.39 is 0 Å². The molecule has 0 unspecified atom stereocenters. The highest BCUT2D eigenvalue weighted by molar-refractivity contribution is 6.04. The number of carbonyl (C=O) groups is 1. The molecule has 2 N–H and O–H groups in total. The minimum Gasteiger partial charge on any atom is -0.492 e. The number of amides is 1. The predicted molar refractivity (Wildman–Crippen MR) is 108 cm³/mol.